The van der Waals surface area contributed by atoms with Gasteiger partial charge in [0.25, 0.3) is 0 Å². The van der Waals surface area contributed by atoms with Crippen LogP contribution in [0.5, 0.6) is 0 Å². The molecule has 70 heavy (non-hydrogen) atoms. The number of benzene rings is 11. The highest BCUT2D eigenvalue weighted by molar-refractivity contribution is 6.25. The number of nitrogens with zero attached hydrogens (tertiary/aromatic N) is 1. The van der Waals surface area contributed by atoms with E-state index < -0.39 is 5.41 Å². The van der Waals surface area contributed by atoms with Crippen molar-refractivity contribution in [2.24, 2.45) is 0 Å². The first-order valence-electron chi connectivity index (χ1n) is 24.1. The molecule has 3 heteroatoms. The van der Waals surface area contributed by atoms with Crippen LogP contribution in [-0.2, 0) is 5.41 Å². The molecule has 1 spiro atoms. The molecule has 326 valence electrons. The topological polar surface area (TPSA) is 29.5 Å². The summed E-state index contributed by atoms with van der Waals surface area (Å²) in [7, 11) is 0. The zero-order valence-corrected chi connectivity index (χ0v) is 37.9. The zero-order valence-electron chi connectivity index (χ0n) is 37.9. The lowest BCUT2D eigenvalue weighted by atomic mass is 9.70. The molecule has 3 nitrogen and oxygen atoms in total. The maximum Gasteiger partial charge on any atom is 0.144 e. The van der Waals surface area contributed by atoms with Crippen molar-refractivity contribution in [3.05, 3.63) is 271 Å². The molecule has 2 heterocycles. The number of hydrogen-bond donors (Lipinski definition) is 0. The van der Waals surface area contributed by atoms with Gasteiger partial charge < -0.3 is 13.7 Å². The Kier molecular flexibility index (Phi) is 8.28. The Hall–Kier alpha value is -9.18. The molecule has 2 aromatic heterocycles. The first-order chi connectivity index (χ1) is 34.7. The van der Waals surface area contributed by atoms with Gasteiger partial charge in [0.05, 0.1) is 5.41 Å². The summed E-state index contributed by atoms with van der Waals surface area (Å²) in [4.78, 5) is 2.42. The second-order valence-corrected chi connectivity index (χ2v) is 18.7. The van der Waals surface area contributed by atoms with Gasteiger partial charge in [0, 0.05) is 44.2 Å². The smallest absolute Gasteiger partial charge is 0.144 e. The van der Waals surface area contributed by atoms with Crippen molar-refractivity contribution in [2.45, 2.75) is 5.41 Å². The number of hydrogen-bond acceptors (Lipinski definition) is 3. The van der Waals surface area contributed by atoms with Crippen LogP contribution in [-0.4, -0.2) is 0 Å². The van der Waals surface area contributed by atoms with E-state index in [1.807, 2.05) is 12.1 Å². The molecule has 0 atom stereocenters. The van der Waals surface area contributed by atoms with Crippen LogP contribution in [0.3, 0.4) is 0 Å². The van der Waals surface area contributed by atoms with Crippen LogP contribution in [0.1, 0.15) is 22.3 Å². The summed E-state index contributed by atoms with van der Waals surface area (Å²) >= 11 is 0. The van der Waals surface area contributed by atoms with E-state index in [0.29, 0.717) is 0 Å². The van der Waals surface area contributed by atoms with Gasteiger partial charge >= 0.3 is 0 Å². The summed E-state index contributed by atoms with van der Waals surface area (Å²) in [6, 6.07) is 90.3. The van der Waals surface area contributed by atoms with Gasteiger partial charge in [-0.2, -0.15) is 0 Å². The van der Waals surface area contributed by atoms with E-state index in [1.54, 1.807) is 0 Å². The van der Waals surface area contributed by atoms with E-state index in [2.05, 4.69) is 241 Å². The Morgan fingerprint density at radius 1 is 0.286 bits per heavy atom. The van der Waals surface area contributed by atoms with Gasteiger partial charge in [-0.1, -0.05) is 194 Å². The van der Waals surface area contributed by atoms with Crippen LogP contribution in [0.25, 0.3) is 99.5 Å². The summed E-state index contributed by atoms with van der Waals surface area (Å²) < 4.78 is 13.5. The van der Waals surface area contributed by atoms with Crippen molar-refractivity contribution in [2.75, 3.05) is 4.90 Å². The monoisotopic (exact) mass is 891 g/mol. The zero-order chi connectivity index (χ0) is 45.9. The normalized spacial score (nSPS) is 13.0. The maximum atomic E-state index is 6.94. The Morgan fingerprint density at radius 3 is 1.44 bits per heavy atom. The van der Waals surface area contributed by atoms with Gasteiger partial charge in [-0.3, -0.25) is 0 Å². The average Bonchev–Trinajstić information content (AvgIpc) is 4.17. The van der Waals surface area contributed by atoms with Crippen molar-refractivity contribution in [3.8, 4) is 55.6 Å². The summed E-state index contributed by atoms with van der Waals surface area (Å²) in [6.45, 7) is 0. The van der Waals surface area contributed by atoms with Crippen LogP contribution in [0, 0.1) is 0 Å². The first kappa shape index (κ1) is 38.9. The molecule has 0 saturated heterocycles. The van der Waals surface area contributed by atoms with Gasteiger partial charge in [-0.15, -0.1) is 0 Å². The predicted molar refractivity (Wildman–Crippen MR) is 288 cm³/mol. The Labute approximate surface area is 404 Å². The van der Waals surface area contributed by atoms with Gasteiger partial charge in [0.15, 0.2) is 0 Å². The molecule has 2 aliphatic rings. The van der Waals surface area contributed by atoms with Crippen molar-refractivity contribution in [3.63, 3.8) is 0 Å². The Morgan fingerprint density at radius 2 is 0.786 bits per heavy atom. The molecule has 0 aliphatic heterocycles. The van der Waals surface area contributed by atoms with Crippen LogP contribution < -0.4 is 4.90 Å². The molecule has 0 saturated carbocycles. The molecule has 13 aromatic rings. The molecule has 2 aliphatic carbocycles. The molecular formula is C67H41NO2. The lowest BCUT2D eigenvalue weighted by Gasteiger charge is -2.32. The fourth-order valence-electron chi connectivity index (χ4n) is 12.2. The molecular weight excluding hydrogens is 851 g/mol. The summed E-state index contributed by atoms with van der Waals surface area (Å²) in [6.07, 6.45) is 0. The minimum Gasteiger partial charge on any atom is -0.456 e. The second-order valence-electron chi connectivity index (χ2n) is 18.7. The van der Waals surface area contributed by atoms with Crippen molar-refractivity contribution in [1.29, 1.82) is 0 Å². The molecule has 15 rings (SSSR count). The third kappa shape index (κ3) is 5.46. The molecule has 0 unspecified atom stereocenters. The predicted octanol–water partition coefficient (Wildman–Crippen LogP) is 18.3. The Bertz CT molecular complexity index is 4160. The first-order valence-corrected chi connectivity index (χ1v) is 24.1. The van der Waals surface area contributed by atoms with E-state index in [0.717, 1.165) is 83.2 Å². The number of furan rings is 2. The minimum atomic E-state index is -0.456. The molecule has 0 fully saturated rings. The van der Waals surface area contributed by atoms with Gasteiger partial charge in [-0.05, 0) is 127 Å². The standard InChI is InChI=1S/C67H41NO2/c1-3-16-42(17-4-1)43-30-34-46(35-31-43)68(48-38-39-53-52-22-9-13-27-58(52)67(59(53)40-48)56-25-11-7-20-50(56)51-21-8-12-26-57(51)67)47-36-32-44(33-37-47)49-24-15-29-61-64(49)55-41-62-65(54-23-10-14-28-60(54)69-62)63(66(55)70-61)45-18-5-2-6-19-45/h1-41H. The highest BCUT2D eigenvalue weighted by atomic mass is 16.3. The SMILES string of the molecule is c1ccc(-c2ccc(N(c3ccc(-c4cccc5oc6c(-c7ccccc7)c7c(cc6c45)oc4ccccc47)cc3)c3ccc4c(c3)C3(c5ccccc5-c5ccccc53)c3ccccc3-4)cc2)cc1. The van der Waals surface area contributed by atoms with E-state index in [-0.39, 0.29) is 0 Å². The summed E-state index contributed by atoms with van der Waals surface area (Å²) in [5.41, 5.74) is 23.4. The molecule has 0 amide bonds. The average molecular weight is 892 g/mol. The van der Waals surface area contributed by atoms with Gasteiger partial charge in [0.1, 0.15) is 22.3 Å². The lowest BCUT2D eigenvalue weighted by molar-refractivity contribution is 0.664. The molecule has 11 aromatic carbocycles. The fourth-order valence-corrected chi connectivity index (χ4v) is 12.2. The van der Waals surface area contributed by atoms with Crippen molar-refractivity contribution < 1.29 is 8.83 Å². The van der Waals surface area contributed by atoms with Crippen LogP contribution in [0.4, 0.5) is 17.1 Å². The number of fused-ring (bicyclic) bond motifs is 16. The minimum absolute atomic E-state index is 0.456. The summed E-state index contributed by atoms with van der Waals surface area (Å²) in [5.74, 6) is 0. The van der Waals surface area contributed by atoms with Crippen molar-refractivity contribution >= 4 is 60.9 Å². The highest BCUT2D eigenvalue weighted by Gasteiger charge is 2.51. The number of anilines is 3. The maximum absolute atomic E-state index is 6.94. The fraction of sp³-hybridized carbons (Fsp3) is 0.0149. The van der Waals surface area contributed by atoms with E-state index >= 15 is 0 Å². The van der Waals surface area contributed by atoms with E-state index in [9.17, 15) is 0 Å². The van der Waals surface area contributed by atoms with Crippen LogP contribution in [0.2, 0.25) is 0 Å². The third-order valence-electron chi connectivity index (χ3n) is 15.1. The highest BCUT2D eigenvalue weighted by Crippen LogP contribution is 2.63. The Balaban J connectivity index is 0.914. The number of rotatable bonds is 6. The quantitative estimate of drug-likeness (QED) is 0.167. The van der Waals surface area contributed by atoms with Crippen LogP contribution >= 0.6 is 0 Å². The third-order valence-corrected chi connectivity index (χ3v) is 15.1. The molecule has 0 N–H and O–H groups in total. The van der Waals surface area contributed by atoms with E-state index in [1.165, 1.54) is 55.6 Å². The summed E-state index contributed by atoms with van der Waals surface area (Å²) in [5, 5.41) is 4.25. The second kappa shape index (κ2) is 14.9. The lowest BCUT2D eigenvalue weighted by Crippen LogP contribution is -2.26. The van der Waals surface area contributed by atoms with E-state index in [4.69, 9.17) is 8.83 Å². The molecule has 0 bridgehead atoms. The largest absolute Gasteiger partial charge is 0.456 e. The number of para-hydroxylation sites is 1. The van der Waals surface area contributed by atoms with Crippen LogP contribution in [0.15, 0.2) is 258 Å². The van der Waals surface area contributed by atoms with Gasteiger partial charge in [0.2, 0.25) is 0 Å². The molecule has 0 radical (unpaired) electrons. The van der Waals surface area contributed by atoms with Gasteiger partial charge in [-0.25, -0.2) is 0 Å². The van der Waals surface area contributed by atoms with Crippen molar-refractivity contribution in [1.82, 2.24) is 0 Å².